The molecule has 0 bridgehead atoms. The number of carboxylic acid groups (broad SMARTS) is 1. The third kappa shape index (κ3) is 2.48. The Bertz CT molecular complexity index is 326. The SMILES string of the molecule is O=C(O)c1cc(CC(F)C(F)F)on1. The molecule has 0 fully saturated rings. The second kappa shape index (κ2) is 4.12. The number of aromatic nitrogens is 1. The van der Waals surface area contributed by atoms with E-state index in [0.717, 1.165) is 6.07 Å². The first-order chi connectivity index (χ1) is 6.50. The second-order valence-corrected chi connectivity index (χ2v) is 2.54. The lowest BCUT2D eigenvalue weighted by Crippen LogP contribution is -2.14. The fourth-order valence-electron chi connectivity index (χ4n) is 0.791. The molecule has 14 heavy (non-hydrogen) atoms. The molecule has 0 aliphatic carbocycles. The van der Waals surface area contributed by atoms with Crippen LogP contribution in [0.1, 0.15) is 16.2 Å². The highest BCUT2D eigenvalue weighted by molar-refractivity contribution is 5.85. The van der Waals surface area contributed by atoms with E-state index in [0.29, 0.717) is 0 Å². The van der Waals surface area contributed by atoms with Crippen LogP contribution in [-0.4, -0.2) is 28.8 Å². The van der Waals surface area contributed by atoms with Gasteiger partial charge in [-0.05, 0) is 0 Å². The van der Waals surface area contributed by atoms with Crippen molar-refractivity contribution in [2.24, 2.45) is 0 Å². The van der Waals surface area contributed by atoms with E-state index >= 15 is 0 Å². The van der Waals surface area contributed by atoms with Crippen molar-refractivity contribution in [1.29, 1.82) is 0 Å². The fraction of sp³-hybridized carbons (Fsp3) is 0.429. The quantitative estimate of drug-likeness (QED) is 0.816. The van der Waals surface area contributed by atoms with Gasteiger partial charge in [-0.25, -0.2) is 18.0 Å². The Morgan fingerprint density at radius 2 is 2.21 bits per heavy atom. The number of hydrogen-bond acceptors (Lipinski definition) is 3. The molecule has 0 amide bonds. The predicted octanol–water partition coefficient (Wildman–Crippen LogP) is 1.52. The summed E-state index contributed by atoms with van der Waals surface area (Å²) in [6.07, 6.45) is -6.17. The first kappa shape index (κ1) is 10.6. The van der Waals surface area contributed by atoms with E-state index in [1.165, 1.54) is 0 Å². The minimum Gasteiger partial charge on any atom is -0.476 e. The average Bonchev–Trinajstić information content (AvgIpc) is 2.52. The van der Waals surface area contributed by atoms with Crippen LogP contribution in [0.2, 0.25) is 0 Å². The number of nitrogens with zero attached hydrogens (tertiary/aromatic N) is 1. The van der Waals surface area contributed by atoms with Crippen molar-refractivity contribution in [3.63, 3.8) is 0 Å². The van der Waals surface area contributed by atoms with Gasteiger partial charge in [0.15, 0.2) is 11.9 Å². The van der Waals surface area contributed by atoms with Gasteiger partial charge in [0, 0.05) is 12.5 Å². The Kier molecular flexibility index (Phi) is 3.10. The molecule has 7 heteroatoms. The van der Waals surface area contributed by atoms with Gasteiger partial charge in [-0.15, -0.1) is 0 Å². The molecule has 1 aromatic heterocycles. The summed E-state index contributed by atoms with van der Waals surface area (Å²) >= 11 is 0. The van der Waals surface area contributed by atoms with E-state index in [1.807, 2.05) is 0 Å². The summed E-state index contributed by atoms with van der Waals surface area (Å²) in [4.78, 5) is 10.3. The number of carbonyl (C=O) groups is 1. The average molecular weight is 209 g/mol. The molecule has 4 nitrogen and oxygen atoms in total. The van der Waals surface area contributed by atoms with Crippen molar-refractivity contribution in [3.05, 3.63) is 17.5 Å². The molecule has 1 atom stereocenters. The summed E-state index contributed by atoms with van der Waals surface area (Å²) in [5.74, 6) is -1.57. The highest BCUT2D eigenvalue weighted by Crippen LogP contribution is 2.13. The fourth-order valence-corrected chi connectivity index (χ4v) is 0.791. The summed E-state index contributed by atoms with van der Waals surface area (Å²) in [6.45, 7) is 0. The zero-order valence-electron chi connectivity index (χ0n) is 6.78. The van der Waals surface area contributed by atoms with Crippen molar-refractivity contribution < 1.29 is 27.6 Å². The van der Waals surface area contributed by atoms with Crippen molar-refractivity contribution in [2.45, 2.75) is 19.0 Å². The normalized spacial score (nSPS) is 13.1. The Hall–Kier alpha value is -1.53. The predicted molar refractivity (Wildman–Crippen MR) is 38.1 cm³/mol. The van der Waals surface area contributed by atoms with Crippen LogP contribution in [0.25, 0.3) is 0 Å². The van der Waals surface area contributed by atoms with E-state index in [-0.39, 0.29) is 5.76 Å². The van der Waals surface area contributed by atoms with Gasteiger partial charge in [0.2, 0.25) is 0 Å². The van der Waals surface area contributed by atoms with Crippen molar-refractivity contribution in [3.8, 4) is 0 Å². The summed E-state index contributed by atoms with van der Waals surface area (Å²) in [5, 5.41) is 11.4. The number of hydrogen-bond donors (Lipinski definition) is 1. The summed E-state index contributed by atoms with van der Waals surface area (Å²) in [6, 6.07) is 0.914. The second-order valence-electron chi connectivity index (χ2n) is 2.54. The molecule has 0 saturated carbocycles. The van der Waals surface area contributed by atoms with Crippen LogP contribution < -0.4 is 0 Å². The van der Waals surface area contributed by atoms with Crippen molar-refractivity contribution in [2.75, 3.05) is 0 Å². The van der Waals surface area contributed by atoms with Gasteiger partial charge >= 0.3 is 5.97 Å². The maximum absolute atomic E-state index is 12.4. The molecule has 1 unspecified atom stereocenters. The number of carboxylic acids is 1. The molecule has 1 N–H and O–H groups in total. The molecular formula is C7H6F3NO3. The van der Waals surface area contributed by atoms with Gasteiger partial charge in [0.05, 0.1) is 0 Å². The van der Waals surface area contributed by atoms with Crippen LogP contribution in [0, 0.1) is 0 Å². The molecule has 0 aromatic carbocycles. The molecule has 1 aromatic rings. The highest BCUT2D eigenvalue weighted by atomic mass is 19.3. The van der Waals surface area contributed by atoms with Crippen molar-refractivity contribution in [1.82, 2.24) is 5.16 Å². The van der Waals surface area contributed by atoms with Gasteiger partial charge in [-0.2, -0.15) is 0 Å². The van der Waals surface area contributed by atoms with Crippen LogP contribution in [0.15, 0.2) is 10.6 Å². The maximum Gasteiger partial charge on any atom is 0.358 e. The molecule has 0 aliphatic heterocycles. The smallest absolute Gasteiger partial charge is 0.358 e. The van der Waals surface area contributed by atoms with E-state index in [4.69, 9.17) is 5.11 Å². The topological polar surface area (TPSA) is 63.3 Å². The van der Waals surface area contributed by atoms with Gasteiger partial charge in [-0.1, -0.05) is 5.16 Å². The molecule has 1 heterocycles. The molecular weight excluding hydrogens is 203 g/mol. The Balaban J connectivity index is 2.64. The largest absolute Gasteiger partial charge is 0.476 e. The molecule has 0 spiro atoms. The highest BCUT2D eigenvalue weighted by Gasteiger charge is 2.22. The minimum absolute atomic E-state index is 0.213. The number of aromatic carboxylic acids is 1. The summed E-state index contributed by atoms with van der Waals surface area (Å²) < 4.78 is 40.2. The van der Waals surface area contributed by atoms with E-state index in [1.54, 1.807) is 0 Å². The number of halogens is 3. The van der Waals surface area contributed by atoms with Crippen LogP contribution in [0.3, 0.4) is 0 Å². The van der Waals surface area contributed by atoms with Crippen LogP contribution >= 0.6 is 0 Å². The molecule has 78 valence electrons. The third-order valence-corrected chi connectivity index (χ3v) is 1.45. The molecule has 1 rings (SSSR count). The van der Waals surface area contributed by atoms with Crippen LogP contribution in [0.4, 0.5) is 13.2 Å². The molecule has 0 aliphatic rings. The van der Waals surface area contributed by atoms with E-state index in [2.05, 4.69) is 9.68 Å². The lowest BCUT2D eigenvalue weighted by Gasteiger charge is -2.01. The Labute approximate surface area is 76.3 Å². The van der Waals surface area contributed by atoms with Crippen molar-refractivity contribution >= 4 is 5.97 Å². The number of rotatable bonds is 4. The first-order valence-corrected chi connectivity index (χ1v) is 3.62. The molecule has 0 saturated heterocycles. The molecule has 0 radical (unpaired) electrons. The van der Waals surface area contributed by atoms with Gasteiger partial charge in [0.1, 0.15) is 5.76 Å². The zero-order chi connectivity index (χ0) is 10.7. The minimum atomic E-state index is -3.12. The standard InChI is InChI=1S/C7H6F3NO3/c8-4(6(9)10)1-3-2-5(7(12)13)11-14-3/h2,4,6H,1H2,(H,12,13). The first-order valence-electron chi connectivity index (χ1n) is 3.62. The van der Waals surface area contributed by atoms with Gasteiger partial charge in [-0.3, -0.25) is 0 Å². The summed E-state index contributed by atoms with van der Waals surface area (Å²) in [7, 11) is 0. The van der Waals surface area contributed by atoms with Gasteiger partial charge in [0.25, 0.3) is 6.43 Å². The number of alkyl halides is 3. The van der Waals surface area contributed by atoms with Crippen LogP contribution in [-0.2, 0) is 6.42 Å². The van der Waals surface area contributed by atoms with E-state index < -0.39 is 30.7 Å². The third-order valence-electron chi connectivity index (χ3n) is 1.45. The lowest BCUT2D eigenvalue weighted by molar-refractivity contribution is 0.0467. The van der Waals surface area contributed by atoms with E-state index in [9.17, 15) is 18.0 Å². The summed E-state index contributed by atoms with van der Waals surface area (Å²) in [5.41, 5.74) is -0.429. The lowest BCUT2D eigenvalue weighted by atomic mass is 10.2. The zero-order valence-corrected chi connectivity index (χ0v) is 6.78. The maximum atomic E-state index is 12.4. The Morgan fingerprint density at radius 1 is 1.57 bits per heavy atom. The monoisotopic (exact) mass is 209 g/mol. The Morgan fingerprint density at radius 3 is 2.64 bits per heavy atom. The van der Waals surface area contributed by atoms with Gasteiger partial charge < -0.3 is 9.63 Å². The van der Waals surface area contributed by atoms with Crippen LogP contribution in [0.5, 0.6) is 0 Å².